The number of nitrogens with one attached hydrogen (secondary N) is 1. The number of aryl methyl sites for hydroxylation is 2. The van der Waals surface area contributed by atoms with Crippen molar-refractivity contribution in [3.05, 3.63) is 50.8 Å². The zero-order chi connectivity index (χ0) is 14.5. The van der Waals surface area contributed by atoms with Crippen molar-refractivity contribution in [2.45, 2.75) is 25.0 Å². The number of H-pyrrole nitrogens is 1. The first-order chi connectivity index (χ1) is 9.54. The maximum atomic E-state index is 11.6. The fraction of sp³-hybridized carbons (Fsp3) is 0.308. The Kier molecular flexibility index (Phi) is 4.62. The van der Waals surface area contributed by atoms with E-state index in [-0.39, 0.29) is 11.1 Å². The molecule has 6 nitrogen and oxygen atoms in total. The molecule has 2 heterocycles. The largest absolute Gasteiger partial charge is 0.398 e. The van der Waals surface area contributed by atoms with Crippen LogP contribution in [0.1, 0.15) is 12.1 Å². The van der Waals surface area contributed by atoms with E-state index in [2.05, 4.69) is 9.97 Å². The summed E-state index contributed by atoms with van der Waals surface area (Å²) in [4.78, 5) is 29.7. The lowest BCUT2D eigenvalue weighted by Crippen LogP contribution is -2.19. The van der Waals surface area contributed by atoms with Gasteiger partial charge in [-0.05, 0) is 19.4 Å². The van der Waals surface area contributed by atoms with E-state index in [0.29, 0.717) is 23.1 Å². The standard InChI is InChI=1S/C13H16N4O2S/c1-9-7-11(18)16-13(15-9)20-6-2-5-17-8-10(14)3-4-12(17)19/h3-4,7-8H,2,5-6,14H2,1H3,(H,15,16,18). The minimum absolute atomic E-state index is 0.0636. The molecule has 106 valence electrons. The van der Waals surface area contributed by atoms with Gasteiger partial charge < -0.3 is 15.3 Å². The summed E-state index contributed by atoms with van der Waals surface area (Å²) in [5.41, 5.74) is 6.70. The number of thioether (sulfide) groups is 1. The molecule has 0 aliphatic carbocycles. The summed E-state index contributed by atoms with van der Waals surface area (Å²) in [6.45, 7) is 2.37. The van der Waals surface area contributed by atoms with Crippen LogP contribution in [0.5, 0.6) is 0 Å². The number of pyridine rings is 1. The number of aromatic amines is 1. The first-order valence-electron chi connectivity index (χ1n) is 6.21. The zero-order valence-corrected chi connectivity index (χ0v) is 11.9. The van der Waals surface area contributed by atoms with E-state index >= 15 is 0 Å². The highest BCUT2D eigenvalue weighted by Crippen LogP contribution is 2.12. The molecule has 7 heteroatoms. The van der Waals surface area contributed by atoms with E-state index in [1.54, 1.807) is 23.8 Å². The summed E-state index contributed by atoms with van der Waals surface area (Å²) in [5, 5.41) is 0.606. The average molecular weight is 292 g/mol. The SMILES string of the molecule is Cc1cc(=O)[nH]c(SCCCn2cc(N)ccc2=O)n1. The number of nitrogens with two attached hydrogens (primary N) is 1. The Morgan fingerprint density at radius 2 is 2.20 bits per heavy atom. The topological polar surface area (TPSA) is 93.8 Å². The number of anilines is 1. The van der Waals surface area contributed by atoms with Gasteiger partial charge in [-0.3, -0.25) is 9.59 Å². The number of rotatable bonds is 5. The minimum Gasteiger partial charge on any atom is -0.398 e. The summed E-state index contributed by atoms with van der Waals surface area (Å²) >= 11 is 1.46. The number of hydrogen-bond donors (Lipinski definition) is 2. The van der Waals surface area contributed by atoms with Gasteiger partial charge in [0.2, 0.25) is 0 Å². The third-order valence-electron chi connectivity index (χ3n) is 2.64. The molecule has 0 aromatic carbocycles. The Bertz CT molecular complexity index is 708. The predicted molar refractivity (Wildman–Crippen MR) is 80.1 cm³/mol. The molecule has 0 fully saturated rings. The monoisotopic (exact) mass is 292 g/mol. The van der Waals surface area contributed by atoms with E-state index in [0.717, 1.165) is 12.2 Å². The van der Waals surface area contributed by atoms with Gasteiger partial charge in [-0.15, -0.1) is 0 Å². The van der Waals surface area contributed by atoms with Gasteiger partial charge in [0.1, 0.15) is 0 Å². The van der Waals surface area contributed by atoms with Crippen molar-refractivity contribution < 1.29 is 0 Å². The number of aromatic nitrogens is 3. The summed E-state index contributed by atoms with van der Waals surface area (Å²) in [6.07, 6.45) is 2.42. The molecule has 0 unspecified atom stereocenters. The molecule has 0 saturated carbocycles. The highest BCUT2D eigenvalue weighted by atomic mass is 32.2. The van der Waals surface area contributed by atoms with Gasteiger partial charge >= 0.3 is 0 Å². The molecule has 0 aliphatic rings. The van der Waals surface area contributed by atoms with Crippen molar-refractivity contribution >= 4 is 17.4 Å². The quantitative estimate of drug-likeness (QED) is 0.487. The van der Waals surface area contributed by atoms with E-state index in [1.165, 1.54) is 23.9 Å². The second-order valence-electron chi connectivity index (χ2n) is 4.39. The first-order valence-corrected chi connectivity index (χ1v) is 7.20. The maximum Gasteiger partial charge on any atom is 0.251 e. The Balaban J connectivity index is 1.89. The van der Waals surface area contributed by atoms with Crippen LogP contribution >= 0.6 is 11.8 Å². The highest BCUT2D eigenvalue weighted by molar-refractivity contribution is 7.99. The average Bonchev–Trinajstić information content (AvgIpc) is 2.37. The Labute approximate surface area is 120 Å². The van der Waals surface area contributed by atoms with Crippen LogP contribution in [-0.4, -0.2) is 20.3 Å². The molecule has 2 aromatic heterocycles. The third kappa shape index (κ3) is 3.99. The minimum atomic E-state index is -0.146. The Morgan fingerprint density at radius 3 is 2.95 bits per heavy atom. The molecule has 2 aromatic rings. The van der Waals surface area contributed by atoms with E-state index in [1.807, 2.05) is 0 Å². The molecule has 0 bridgehead atoms. The van der Waals surface area contributed by atoms with Gasteiger partial charge in [-0.2, -0.15) is 0 Å². The Hall–Kier alpha value is -2.02. The molecule has 2 rings (SSSR count). The number of hydrogen-bond acceptors (Lipinski definition) is 5. The van der Waals surface area contributed by atoms with E-state index in [9.17, 15) is 9.59 Å². The normalized spacial score (nSPS) is 10.7. The van der Waals surface area contributed by atoms with Crippen molar-refractivity contribution in [2.24, 2.45) is 0 Å². The molecule has 0 atom stereocenters. The molecule has 0 amide bonds. The van der Waals surface area contributed by atoms with Crippen molar-refractivity contribution in [3.8, 4) is 0 Å². The predicted octanol–water partition coefficient (Wildman–Crippen LogP) is 1.00. The lowest BCUT2D eigenvalue weighted by atomic mass is 10.4. The fourth-order valence-corrected chi connectivity index (χ4v) is 2.60. The van der Waals surface area contributed by atoms with Gasteiger partial charge in [0.25, 0.3) is 11.1 Å². The van der Waals surface area contributed by atoms with Gasteiger partial charge in [0, 0.05) is 42.0 Å². The lowest BCUT2D eigenvalue weighted by Gasteiger charge is -2.06. The fourth-order valence-electron chi connectivity index (χ4n) is 1.75. The molecular formula is C13H16N4O2S. The first kappa shape index (κ1) is 14.4. The molecule has 0 spiro atoms. The van der Waals surface area contributed by atoms with Crippen LogP contribution in [0.4, 0.5) is 5.69 Å². The molecular weight excluding hydrogens is 276 g/mol. The molecule has 20 heavy (non-hydrogen) atoms. The third-order valence-corrected chi connectivity index (χ3v) is 3.60. The summed E-state index contributed by atoms with van der Waals surface area (Å²) in [5.74, 6) is 0.758. The van der Waals surface area contributed by atoms with Gasteiger partial charge in [0.05, 0.1) is 0 Å². The van der Waals surface area contributed by atoms with Gasteiger partial charge in [0.15, 0.2) is 5.16 Å². The molecule has 0 saturated heterocycles. The molecule has 3 N–H and O–H groups in total. The lowest BCUT2D eigenvalue weighted by molar-refractivity contribution is 0.659. The maximum absolute atomic E-state index is 11.6. The van der Waals surface area contributed by atoms with Crippen LogP contribution in [0, 0.1) is 6.92 Å². The van der Waals surface area contributed by atoms with Crippen LogP contribution in [0.3, 0.4) is 0 Å². The van der Waals surface area contributed by atoms with Crippen LogP contribution in [-0.2, 0) is 6.54 Å². The summed E-state index contributed by atoms with van der Waals surface area (Å²) in [6, 6.07) is 4.51. The van der Waals surface area contributed by atoms with Crippen molar-refractivity contribution in [1.82, 2.24) is 14.5 Å². The van der Waals surface area contributed by atoms with Crippen LogP contribution in [0.15, 0.2) is 39.1 Å². The molecule has 0 aliphatic heterocycles. The second kappa shape index (κ2) is 6.42. The smallest absolute Gasteiger partial charge is 0.251 e. The Morgan fingerprint density at radius 1 is 1.40 bits per heavy atom. The molecule has 0 radical (unpaired) electrons. The van der Waals surface area contributed by atoms with Crippen LogP contribution in [0.2, 0.25) is 0 Å². The number of nitrogen functional groups attached to an aromatic ring is 1. The van der Waals surface area contributed by atoms with Crippen molar-refractivity contribution in [2.75, 3.05) is 11.5 Å². The van der Waals surface area contributed by atoms with Crippen molar-refractivity contribution in [1.29, 1.82) is 0 Å². The highest BCUT2D eigenvalue weighted by Gasteiger charge is 2.00. The summed E-state index contributed by atoms with van der Waals surface area (Å²) < 4.78 is 1.59. The van der Waals surface area contributed by atoms with Gasteiger partial charge in [-0.1, -0.05) is 11.8 Å². The van der Waals surface area contributed by atoms with Crippen molar-refractivity contribution in [3.63, 3.8) is 0 Å². The number of nitrogens with zero attached hydrogens (tertiary/aromatic N) is 2. The second-order valence-corrected chi connectivity index (χ2v) is 5.47. The van der Waals surface area contributed by atoms with Crippen LogP contribution < -0.4 is 16.9 Å². The van der Waals surface area contributed by atoms with Crippen LogP contribution in [0.25, 0.3) is 0 Å². The summed E-state index contributed by atoms with van der Waals surface area (Å²) in [7, 11) is 0. The zero-order valence-electron chi connectivity index (χ0n) is 11.1. The van der Waals surface area contributed by atoms with E-state index in [4.69, 9.17) is 5.73 Å². The van der Waals surface area contributed by atoms with E-state index < -0.39 is 0 Å². The van der Waals surface area contributed by atoms with Gasteiger partial charge in [-0.25, -0.2) is 4.98 Å².